The molecular formula is C32H33FN6. The minimum absolute atomic E-state index is 0.193. The van der Waals surface area contributed by atoms with Crippen LogP contribution in [0.3, 0.4) is 0 Å². The number of aromatic nitrogens is 4. The van der Waals surface area contributed by atoms with E-state index in [1.165, 1.54) is 11.1 Å². The monoisotopic (exact) mass is 520 g/mol. The van der Waals surface area contributed by atoms with Gasteiger partial charge in [0.15, 0.2) is 5.65 Å². The fourth-order valence-electron chi connectivity index (χ4n) is 5.34. The molecule has 0 radical (unpaired) electrons. The van der Waals surface area contributed by atoms with Gasteiger partial charge in [0.25, 0.3) is 0 Å². The Balaban J connectivity index is 1.35. The second kappa shape index (κ2) is 10.9. The maximum absolute atomic E-state index is 13.4. The molecule has 1 saturated heterocycles. The normalized spacial score (nSPS) is 14.6. The third-order valence-electron chi connectivity index (χ3n) is 7.42. The molecule has 6 rings (SSSR count). The van der Waals surface area contributed by atoms with Crippen LogP contribution < -0.4 is 4.90 Å². The summed E-state index contributed by atoms with van der Waals surface area (Å²) in [5.74, 6) is 1.57. The number of benzene rings is 3. The van der Waals surface area contributed by atoms with Gasteiger partial charge in [-0.25, -0.2) is 19.0 Å². The number of aryl methyl sites for hydroxylation is 2. The molecule has 1 fully saturated rings. The lowest BCUT2D eigenvalue weighted by atomic mass is 10.1. The van der Waals surface area contributed by atoms with Crippen LogP contribution in [0.25, 0.3) is 16.7 Å². The van der Waals surface area contributed by atoms with E-state index in [2.05, 4.69) is 53.1 Å². The highest BCUT2D eigenvalue weighted by Gasteiger charge is 2.24. The average Bonchev–Trinajstić information content (AvgIpc) is 3.12. The average molecular weight is 521 g/mol. The van der Waals surface area contributed by atoms with Crippen molar-refractivity contribution in [3.05, 3.63) is 113 Å². The summed E-state index contributed by atoms with van der Waals surface area (Å²) in [7, 11) is 0. The molecule has 6 nitrogen and oxygen atoms in total. The van der Waals surface area contributed by atoms with Gasteiger partial charge in [-0.3, -0.25) is 4.90 Å². The molecule has 2 aromatic heterocycles. The van der Waals surface area contributed by atoms with Gasteiger partial charge in [-0.2, -0.15) is 5.10 Å². The fourth-order valence-corrected chi connectivity index (χ4v) is 5.34. The largest absolute Gasteiger partial charge is 0.355 e. The molecule has 0 spiro atoms. The van der Waals surface area contributed by atoms with Gasteiger partial charge in [-0.1, -0.05) is 60.2 Å². The van der Waals surface area contributed by atoms with Crippen molar-refractivity contribution in [1.82, 2.24) is 24.6 Å². The number of hydrogen-bond donors (Lipinski definition) is 0. The lowest BCUT2D eigenvalue weighted by Gasteiger charge is -2.24. The summed E-state index contributed by atoms with van der Waals surface area (Å²) in [6.07, 6.45) is 1.68. The van der Waals surface area contributed by atoms with Gasteiger partial charge >= 0.3 is 0 Å². The van der Waals surface area contributed by atoms with E-state index >= 15 is 0 Å². The van der Waals surface area contributed by atoms with E-state index in [9.17, 15) is 4.39 Å². The van der Waals surface area contributed by atoms with Crippen molar-refractivity contribution in [3.63, 3.8) is 0 Å². The molecule has 5 aromatic rings. The van der Waals surface area contributed by atoms with Gasteiger partial charge in [-0.15, -0.1) is 0 Å². The van der Waals surface area contributed by atoms with Crippen molar-refractivity contribution < 1.29 is 4.39 Å². The number of anilines is 1. The van der Waals surface area contributed by atoms with E-state index in [1.54, 1.807) is 12.1 Å². The number of hydrogen-bond acceptors (Lipinski definition) is 5. The van der Waals surface area contributed by atoms with Crippen molar-refractivity contribution in [3.8, 4) is 5.69 Å². The summed E-state index contributed by atoms with van der Waals surface area (Å²) >= 11 is 0. The van der Waals surface area contributed by atoms with Crippen LogP contribution in [0.4, 0.5) is 10.2 Å². The fraction of sp³-hybridized carbons (Fsp3) is 0.281. The molecule has 0 amide bonds. The first-order valence-electron chi connectivity index (χ1n) is 13.6. The summed E-state index contributed by atoms with van der Waals surface area (Å²) in [4.78, 5) is 15.1. The smallest absolute Gasteiger partial charge is 0.169 e. The van der Waals surface area contributed by atoms with Gasteiger partial charge in [0.2, 0.25) is 0 Å². The van der Waals surface area contributed by atoms with Crippen molar-refractivity contribution in [2.45, 2.75) is 33.2 Å². The van der Waals surface area contributed by atoms with E-state index in [1.807, 2.05) is 41.9 Å². The minimum Gasteiger partial charge on any atom is -0.355 e. The Morgan fingerprint density at radius 1 is 0.769 bits per heavy atom. The molecule has 1 aliphatic rings. The number of rotatable bonds is 6. The van der Waals surface area contributed by atoms with Crippen LogP contribution >= 0.6 is 0 Å². The summed E-state index contributed by atoms with van der Waals surface area (Å²) in [5.41, 5.74) is 6.33. The van der Waals surface area contributed by atoms with Gasteiger partial charge in [0.1, 0.15) is 17.5 Å². The quantitative estimate of drug-likeness (QED) is 0.280. The third kappa shape index (κ3) is 5.54. The second-order valence-corrected chi connectivity index (χ2v) is 10.4. The van der Waals surface area contributed by atoms with Crippen molar-refractivity contribution in [2.75, 3.05) is 31.1 Å². The van der Waals surface area contributed by atoms with Crippen molar-refractivity contribution in [1.29, 1.82) is 0 Å². The first-order valence-corrected chi connectivity index (χ1v) is 13.6. The van der Waals surface area contributed by atoms with E-state index in [4.69, 9.17) is 15.1 Å². The van der Waals surface area contributed by atoms with Gasteiger partial charge in [0, 0.05) is 39.1 Å². The molecule has 1 aliphatic heterocycles. The van der Waals surface area contributed by atoms with Gasteiger partial charge in [-0.05, 0) is 55.7 Å². The maximum atomic E-state index is 13.4. The van der Waals surface area contributed by atoms with Crippen LogP contribution in [0.1, 0.15) is 34.6 Å². The zero-order chi connectivity index (χ0) is 26.8. The van der Waals surface area contributed by atoms with Crippen LogP contribution in [0, 0.1) is 19.7 Å². The third-order valence-corrected chi connectivity index (χ3v) is 7.42. The summed E-state index contributed by atoms with van der Waals surface area (Å²) < 4.78 is 15.3. The summed E-state index contributed by atoms with van der Waals surface area (Å²) in [6.45, 7) is 8.62. The number of para-hydroxylation sites is 1. The van der Waals surface area contributed by atoms with Crippen molar-refractivity contribution >= 4 is 16.9 Å². The zero-order valence-corrected chi connectivity index (χ0v) is 22.5. The standard InChI is InChI=1S/C32H33FN6/c1-23-9-11-25(12-10-23)21-29-34-31(30-24(2)36-39(32(30)35-29)28-7-4-3-5-8-28)38-18-6-17-37(19-20-38)22-26-13-15-27(33)16-14-26/h3-5,7-16H,6,17-22H2,1-2H3. The summed E-state index contributed by atoms with van der Waals surface area (Å²) in [6, 6.07) is 25.6. The minimum atomic E-state index is -0.193. The van der Waals surface area contributed by atoms with E-state index < -0.39 is 0 Å². The SMILES string of the molecule is Cc1ccc(Cc2nc(N3CCCN(Cc4ccc(F)cc4)CC3)c3c(C)nn(-c4ccccc4)c3n2)cc1. The van der Waals surface area contributed by atoms with Crippen LogP contribution in [-0.2, 0) is 13.0 Å². The Hall–Kier alpha value is -4.10. The Morgan fingerprint density at radius 3 is 2.28 bits per heavy atom. The van der Waals surface area contributed by atoms with Gasteiger partial charge in [0.05, 0.1) is 16.8 Å². The summed E-state index contributed by atoms with van der Waals surface area (Å²) in [5, 5.41) is 5.94. The molecule has 3 heterocycles. The first-order chi connectivity index (χ1) is 19.0. The van der Waals surface area contributed by atoms with E-state index in [-0.39, 0.29) is 5.82 Å². The molecule has 0 atom stereocenters. The molecule has 198 valence electrons. The Bertz CT molecular complexity index is 1560. The maximum Gasteiger partial charge on any atom is 0.169 e. The van der Waals surface area contributed by atoms with Crippen LogP contribution in [0.15, 0.2) is 78.9 Å². The molecule has 0 saturated carbocycles. The molecule has 0 aliphatic carbocycles. The lowest BCUT2D eigenvalue weighted by molar-refractivity contribution is 0.285. The Kier molecular flexibility index (Phi) is 7.07. The lowest BCUT2D eigenvalue weighted by Crippen LogP contribution is -2.31. The molecule has 0 N–H and O–H groups in total. The van der Waals surface area contributed by atoms with Crippen LogP contribution in [0.2, 0.25) is 0 Å². The predicted molar refractivity (Wildman–Crippen MR) is 154 cm³/mol. The van der Waals surface area contributed by atoms with Crippen LogP contribution in [-0.4, -0.2) is 50.8 Å². The topological polar surface area (TPSA) is 50.1 Å². The van der Waals surface area contributed by atoms with E-state index in [0.717, 1.165) is 78.8 Å². The second-order valence-electron chi connectivity index (χ2n) is 10.4. The highest BCUT2D eigenvalue weighted by Crippen LogP contribution is 2.30. The van der Waals surface area contributed by atoms with Crippen LogP contribution in [0.5, 0.6) is 0 Å². The highest BCUT2D eigenvalue weighted by molar-refractivity contribution is 5.91. The number of halogens is 1. The van der Waals surface area contributed by atoms with Gasteiger partial charge < -0.3 is 4.90 Å². The first kappa shape index (κ1) is 25.2. The molecule has 0 bridgehead atoms. The molecule has 7 heteroatoms. The molecule has 3 aromatic carbocycles. The molecule has 39 heavy (non-hydrogen) atoms. The molecular weight excluding hydrogens is 487 g/mol. The van der Waals surface area contributed by atoms with E-state index in [0.29, 0.717) is 6.42 Å². The number of fused-ring (bicyclic) bond motifs is 1. The Morgan fingerprint density at radius 2 is 1.51 bits per heavy atom. The highest BCUT2D eigenvalue weighted by atomic mass is 19.1. The Labute approximate surface area is 228 Å². The molecule has 0 unspecified atom stereocenters. The zero-order valence-electron chi connectivity index (χ0n) is 22.5. The predicted octanol–water partition coefficient (Wildman–Crippen LogP) is 5.87. The number of nitrogens with zero attached hydrogens (tertiary/aromatic N) is 6. The van der Waals surface area contributed by atoms with Crippen molar-refractivity contribution in [2.24, 2.45) is 0 Å².